The number of fused-ring (bicyclic) bond motifs is 3. The van der Waals surface area contributed by atoms with Crippen molar-refractivity contribution in [2.75, 3.05) is 0 Å². The molecular weight excluding hydrogens is 279 g/mol. The van der Waals surface area contributed by atoms with E-state index in [-0.39, 0.29) is 5.56 Å². The molecule has 0 saturated carbocycles. The van der Waals surface area contributed by atoms with Crippen LogP contribution in [0.1, 0.15) is 10.4 Å². The van der Waals surface area contributed by atoms with E-state index < -0.39 is 13.1 Å². The van der Waals surface area contributed by atoms with Crippen LogP contribution in [0.15, 0.2) is 42.7 Å². The Kier molecular flexibility index (Phi) is 2.87. The molecule has 0 radical (unpaired) electrons. The molecule has 3 rings (SSSR count). The Labute approximate surface area is 113 Å². The third-order valence-electron chi connectivity index (χ3n) is 2.96. The molecular formula is C13H9N2O4P. The smallest absolute Gasteiger partial charge is 0.319 e. The van der Waals surface area contributed by atoms with Gasteiger partial charge in [-0.15, -0.1) is 0 Å². The quantitative estimate of drug-likeness (QED) is 0.553. The highest BCUT2D eigenvalue weighted by Gasteiger charge is 2.27. The summed E-state index contributed by atoms with van der Waals surface area (Å²) < 4.78 is 11.0. The highest BCUT2D eigenvalue weighted by molar-refractivity contribution is 7.70. The molecule has 0 aliphatic carbocycles. The predicted octanol–water partition coefficient (Wildman–Crippen LogP) is 2.10. The minimum absolute atomic E-state index is 0.0541. The summed E-state index contributed by atoms with van der Waals surface area (Å²) in [7, 11) is -4.78. The first-order chi connectivity index (χ1) is 9.47. The van der Waals surface area contributed by atoms with Crippen LogP contribution in [-0.2, 0) is 4.57 Å². The second kappa shape index (κ2) is 4.45. The van der Waals surface area contributed by atoms with Crippen LogP contribution < -0.4 is 0 Å². The normalized spacial score (nSPS) is 11.9. The Hall–Kier alpha value is -2.14. The number of hydrogen-bond donors (Lipinski definition) is 2. The minimum Gasteiger partial charge on any atom is -0.319 e. The van der Waals surface area contributed by atoms with Gasteiger partial charge in [-0.25, -0.2) is 0 Å². The number of carbonyl (C=O) groups is 1. The third kappa shape index (κ3) is 2.10. The number of nitrogens with zero attached hydrogens (tertiary/aromatic N) is 2. The van der Waals surface area contributed by atoms with Gasteiger partial charge in [0.1, 0.15) is 0 Å². The maximum atomic E-state index is 11.6. The van der Waals surface area contributed by atoms with Gasteiger partial charge in [0.2, 0.25) is 0 Å². The highest BCUT2D eigenvalue weighted by Crippen LogP contribution is 2.39. The van der Waals surface area contributed by atoms with Gasteiger partial charge in [-0.05, 0) is 18.2 Å². The second-order valence-electron chi connectivity index (χ2n) is 4.28. The molecule has 7 heteroatoms. The number of benzene rings is 1. The van der Waals surface area contributed by atoms with Crippen LogP contribution in [0.2, 0.25) is 0 Å². The Balaban J connectivity index is 2.25. The number of rotatable bonds is 2. The molecule has 3 aromatic rings. The van der Waals surface area contributed by atoms with Crippen LogP contribution in [0.4, 0.5) is 0 Å². The number of hydrogen-bond acceptors (Lipinski definition) is 4. The Morgan fingerprint density at radius 3 is 2.55 bits per heavy atom. The van der Waals surface area contributed by atoms with Crippen molar-refractivity contribution >= 4 is 34.9 Å². The topological polar surface area (TPSA) is 100 Å². The maximum absolute atomic E-state index is 11.6. The lowest BCUT2D eigenvalue weighted by atomic mass is 10.1. The summed E-state index contributed by atoms with van der Waals surface area (Å²) in [6.45, 7) is 0. The van der Waals surface area contributed by atoms with Crippen LogP contribution in [-0.4, -0.2) is 25.3 Å². The molecule has 0 aliphatic heterocycles. The van der Waals surface area contributed by atoms with E-state index in [1.165, 1.54) is 12.1 Å². The fourth-order valence-electron chi connectivity index (χ4n) is 2.05. The van der Waals surface area contributed by atoms with Gasteiger partial charge in [0.05, 0.1) is 17.2 Å². The van der Waals surface area contributed by atoms with Crippen molar-refractivity contribution in [1.29, 1.82) is 0 Å². The van der Waals surface area contributed by atoms with Crippen LogP contribution >= 0.6 is 7.60 Å². The zero-order chi connectivity index (χ0) is 14.3. The molecule has 2 heterocycles. The molecule has 0 aliphatic rings. The van der Waals surface area contributed by atoms with Crippen molar-refractivity contribution in [3.8, 4) is 0 Å². The lowest BCUT2D eigenvalue weighted by Crippen LogP contribution is -2.00. The summed E-state index contributed by atoms with van der Waals surface area (Å²) in [5.41, 5.74) is -0.0482. The summed E-state index contributed by atoms with van der Waals surface area (Å²) in [6, 6.07) is 8.05. The van der Waals surface area contributed by atoms with Gasteiger partial charge in [0.25, 0.3) is 5.52 Å². The standard InChI is InChI=1S/C13H9N2O4P/c16-13(20(17,18)19)8-3-4-10-9-2-1-5-14-12(9)7-15-11(10)6-8/h1-7H,(H2,17,18,19). The SMILES string of the molecule is O=C(c1ccc2c(c1)ncc1ncccc12)P(=O)(O)O. The van der Waals surface area contributed by atoms with Gasteiger partial charge >= 0.3 is 7.60 Å². The van der Waals surface area contributed by atoms with E-state index in [0.29, 0.717) is 11.0 Å². The van der Waals surface area contributed by atoms with E-state index in [1.54, 1.807) is 24.5 Å². The van der Waals surface area contributed by atoms with Crippen LogP contribution in [0.5, 0.6) is 0 Å². The molecule has 20 heavy (non-hydrogen) atoms. The minimum atomic E-state index is -4.78. The van der Waals surface area contributed by atoms with E-state index in [4.69, 9.17) is 9.79 Å². The van der Waals surface area contributed by atoms with Crippen LogP contribution in [0, 0.1) is 0 Å². The molecule has 0 unspecified atom stereocenters. The summed E-state index contributed by atoms with van der Waals surface area (Å²) >= 11 is 0. The lowest BCUT2D eigenvalue weighted by Gasteiger charge is -2.06. The number of aromatic nitrogens is 2. The average Bonchev–Trinajstić information content (AvgIpc) is 2.44. The first-order valence-electron chi connectivity index (χ1n) is 5.71. The fraction of sp³-hybridized carbons (Fsp3) is 0. The van der Waals surface area contributed by atoms with E-state index in [1.807, 2.05) is 6.07 Å². The first kappa shape index (κ1) is 12.9. The molecule has 0 saturated heterocycles. The second-order valence-corrected chi connectivity index (χ2v) is 5.77. The van der Waals surface area contributed by atoms with Crippen molar-refractivity contribution in [3.05, 3.63) is 48.3 Å². The van der Waals surface area contributed by atoms with Gasteiger partial charge in [0.15, 0.2) is 0 Å². The van der Waals surface area contributed by atoms with E-state index >= 15 is 0 Å². The summed E-state index contributed by atoms with van der Waals surface area (Å²) in [6.07, 6.45) is 3.21. The Morgan fingerprint density at radius 1 is 1.05 bits per heavy atom. The van der Waals surface area contributed by atoms with Crippen molar-refractivity contribution in [2.24, 2.45) is 0 Å². The van der Waals surface area contributed by atoms with Gasteiger partial charge in [-0.2, -0.15) is 0 Å². The monoisotopic (exact) mass is 288 g/mol. The van der Waals surface area contributed by atoms with Crippen LogP contribution in [0.25, 0.3) is 21.8 Å². The average molecular weight is 288 g/mol. The highest BCUT2D eigenvalue weighted by atomic mass is 31.2. The summed E-state index contributed by atoms with van der Waals surface area (Å²) in [5.74, 6) is 0. The van der Waals surface area contributed by atoms with Gasteiger partial charge < -0.3 is 9.79 Å². The molecule has 1 aromatic carbocycles. The molecule has 0 spiro atoms. The number of pyridine rings is 2. The zero-order valence-electron chi connectivity index (χ0n) is 10.1. The Bertz CT molecular complexity index is 888. The third-order valence-corrected chi connectivity index (χ3v) is 3.75. The lowest BCUT2D eigenvalue weighted by molar-refractivity contribution is 0.104. The molecule has 2 N–H and O–H groups in total. The van der Waals surface area contributed by atoms with Crippen molar-refractivity contribution in [3.63, 3.8) is 0 Å². The molecule has 0 bridgehead atoms. The van der Waals surface area contributed by atoms with E-state index in [2.05, 4.69) is 9.97 Å². The van der Waals surface area contributed by atoms with E-state index in [0.717, 1.165) is 10.8 Å². The largest absolute Gasteiger partial charge is 0.396 e. The van der Waals surface area contributed by atoms with Crippen molar-refractivity contribution < 1.29 is 19.1 Å². The molecule has 2 aromatic heterocycles. The Morgan fingerprint density at radius 2 is 1.80 bits per heavy atom. The van der Waals surface area contributed by atoms with Gasteiger partial charge in [-0.3, -0.25) is 19.3 Å². The summed E-state index contributed by atoms with van der Waals surface area (Å²) in [5, 5.41) is 1.64. The molecule has 6 nitrogen and oxygen atoms in total. The van der Waals surface area contributed by atoms with Crippen LogP contribution in [0.3, 0.4) is 0 Å². The molecule has 0 amide bonds. The summed E-state index contributed by atoms with van der Waals surface area (Å²) in [4.78, 5) is 37.7. The maximum Gasteiger partial charge on any atom is 0.396 e. The van der Waals surface area contributed by atoms with Crippen molar-refractivity contribution in [1.82, 2.24) is 9.97 Å². The number of carbonyl (C=O) groups excluding carboxylic acids is 1. The first-order valence-corrected chi connectivity index (χ1v) is 7.32. The van der Waals surface area contributed by atoms with Gasteiger partial charge in [-0.1, -0.05) is 12.1 Å². The zero-order valence-corrected chi connectivity index (χ0v) is 11.0. The van der Waals surface area contributed by atoms with E-state index in [9.17, 15) is 9.36 Å². The fourth-order valence-corrected chi connectivity index (χ4v) is 2.52. The van der Waals surface area contributed by atoms with Crippen molar-refractivity contribution in [2.45, 2.75) is 0 Å². The molecule has 0 atom stereocenters. The molecule has 100 valence electrons. The van der Waals surface area contributed by atoms with Gasteiger partial charge in [0, 0.05) is 22.5 Å². The molecule has 0 fully saturated rings. The predicted molar refractivity (Wildman–Crippen MR) is 73.4 cm³/mol.